The molecular formula is C20H29N7O4. The number of carbonyl (C=O) groups is 1. The number of aromatic nitrogens is 4. The van der Waals surface area contributed by atoms with Gasteiger partial charge in [-0.25, -0.2) is 20.0 Å². The summed E-state index contributed by atoms with van der Waals surface area (Å²) in [6.07, 6.45) is 4.74. The number of anilines is 1. The van der Waals surface area contributed by atoms with Crippen molar-refractivity contribution in [3.63, 3.8) is 0 Å². The fraction of sp³-hybridized carbons (Fsp3) is 0.700. The van der Waals surface area contributed by atoms with Crippen molar-refractivity contribution in [2.24, 2.45) is 0 Å². The Kier molecular flexibility index (Phi) is 5.74. The molecule has 2 aromatic rings. The molecule has 31 heavy (non-hydrogen) atoms. The van der Waals surface area contributed by atoms with Gasteiger partial charge >= 0.3 is 0 Å². The van der Waals surface area contributed by atoms with E-state index in [1.807, 2.05) is 0 Å². The van der Waals surface area contributed by atoms with Gasteiger partial charge < -0.3 is 25.3 Å². The molecule has 5 rings (SSSR count). The Morgan fingerprint density at radius 3 is 2.42 bits per heavy atom. The highest BCUT2D eigenvalue weighted by Crippen LogP contribution is 2.33. The van der Waals surface area contributed by atoms with E-state index >= 15 is 0 Å². The molecule has 0 aliphatic carbocycles. The number of fused-ring (bicyclic) bond motifs is 1. The third-order valence-corrected chi connectivity index (χ3v) is 6.40. The maximum absolute atomic E-state index is 12.9. The molecule has 3 saturated heterocycles. The number of carbonyl (C=O) groups excluding carboxylic acids is 1. The third-order valence-electron chi connectivity index (χ3n) is 6.40. The number of likely N-dealkylation sites (tertiary alicyclic amines) is 1. The lowest BCUT2D eigenvalue weighted by Crippen LogP contribution is -2.47. The second-order valence-corrected chi connectivity index (χ2v) is 8.52. The number of nitrogens with one attached hydrogen (secondary N) is 1. The summed E-state index contributed by atoms with van der Waals surface area (Å²) >= 11 is 0. The first-order valence-corrected chi connectivity index (χ1v) is 11.1. The highest BCUT2D eigenvalue weighted by atomic mass is 16.6. The van der Waals surface area contributed by atoms with Crippen molar-refractivity contribution in [1.29, 1.82) is 0 Å². The van der Waals surface area contributed by atoms with Gasteiger partial charge in [-0.3, -0.25) is 9.36 Å². The highest BCUT2D eigenvalue weighted by Gasteiger charge is 2.49. The molecule has 0 radical (unpaired) electrons. The first-order valence-electron chi connectivity index (χ1n) is 11.1. The van der Waals surface area contributed by atoms with E-state index in [1.54, 1.807) is 9.47 Å². The molecule has 1 unspecified atom stereocenters. The van der Waals surface area contributed by atoms with Gasteiger partial charge in [0.2, 0.25) is 0 Å². The van der Waals surface area contributed by atoms with E-state index in [4.69, 9.17) is 4.74 Å². The zero-order valence-electron chi connectivity index (χ0n) is 17.4. The number of imidazole rings is 1. The van der Waals surface area contributed by atoms with Crippen LogP contribution >= 0.6 is 0 Å². The van der Waals surface area contributed by atoms with Crippen molar-refractivity contribution in [1.82, 2.24) is 29.4 Å². The van der Waals surface area contributed by atoms with E-state index in [1.165, 1.54) is 19.1 Å². The number of rotatable bonds is 4. The van der Waals surface area contributed by atoms with Crippen molar-refractivity contribution < 1.29 is 19.7 Å². The average molecular weight is 431 g/mol. The second kappa shape index (κ2) is 8.65. The van der Waals surface area contributed by atoms with Crippen LogP contribution in [0.5, 0.6) is 0 Å². The topological polar surface area (TPSA) is 129 Å². The molecule has 3 fully saturated rings. The van der Waals surface area contributed by atoms with Gasteiger partial charge in [-0.05, 0) is 32.1 Å². The normalized spacial score (nSPS) is 30.1. The standard InChI is InChI=1S/C20H29N7O4/c28-14-15(29)20(31-16(14)19(30)25-7-3-1-4-8-25)27-12-23-13-17(21-11-22-18(13)27)24-26-9-5-2-6-10-26/h11-12,14-16,20,28-29H,1-10H2,(H,21,22,24)/t14-,15+,16-,20?/m0/s1. The molecule has 1 amide bonds. The first kappa shape index (κ1) is 20.6. The Bertz CT molecular complexity index is 925. The minimum absolute atomic E-state index is 0.278. The molecule has 0 saturated carbocycles. The van der Waals surface area contributed by atoms with Crippen molar-refractivity contribution in [3.8, 4) is 0 Å². The molecule has 0 spiro atoms. The zero-order valence-corrected chi connectivity index (χ0v) is 17.4. The minimum Gasteiger partial charge on any atom is -0.387 e. The Balaban J connectivity index is 1.37. The Hall–Kier alpha value is -2.34. The fourth-order valence-corrected chi connectivity index (χ4v) is 4.66. The monoisotopic (exact) mass is 431 g/mol. The van der Waals surface area contributed by atoms with Gasteiger partial charge in [0.05, 0.1) is 6.33 Å². The number of hydrogen-bond acceptors (Lipinski definition) is 9. The van der Waals surface area contributed by atoms with Crippen LogP contribution in [0.25, 0.3) is 11.2 Å². The Morgan fingerprint density at radius 2 is 1.68 bits per heavy atom. The third kappa shape index (κ3) is 3.86. The van der Waals surface area contributed by atoms with E-state index in [0.717, 1.165) is 45.2 Å². The fourth-order valence-electron chi connectivity index (χ4n) is 4.66. The van der Waals surface area contributed by atoms with Crippen LogP contribution in [0.3, 0.4) is 0 Å². The summed E-state index contributed by atoms with van der Waals surface area (Å²) in [6, 6.07) is 0. The van der Waals surface area contributed by atoms with Gasteiger partial charge in [0.15, 0.2) is 29.3 Å². The van der Waals surface area contributed by atoms with Gasteiger partial charge in [-0.2, -0.15) is 0 Å². The number of hydrazine groups is 1. The van der Waals surface area contributed by atoms with E-state index in [-0.39, 0.29) is 5.91 Å². The highest BCUT2D eigenvalue weighted by molar-refractivity contribution is 5.83. The van der Waals surface area contributed by atoms with Crippen LogP contribution < -0.4 is 5.43 Å². The van der Waals surface area contributed by atoms with Crippen LogP contribution in [-0.2, 0) is 9.53 Å². The van der Waals surface area contributed by atoms with Gasteiger partial charge in [0.25, 0.3) is 5.91 Å². The number of aliphatic hydroxyl groups is 2. The summed E-state index contributed by atoms with van der Waals surface area (Å²) in [4.78, 5) is 27.7. The zero-order chi connectivity index (χ0) is 21.4. The van der Waals surface area contributed by atoms with Crippen LogP contribution in [0.15, 0.2) is 12.7 Å². The van der Waals surface area contributed by atoms with Gasteiger partial charge in [-0.15, -0.1) is 0 Å². The number of piperidine rings is 2. The summed E-state index contributed by atoms with van der Waals surface area (Å²) in [6.45, 7) is 3.17. The van der Waals surface area contributed by atoms with Crippen LogP contribution in [0.4, 0.5) is 5.82 Å². The lowest BCUT2D eigenvalue weighted by atomic mass is 10.1. The van der Waals surface area contributed by atoms with Gasteiger partial charge in [0, 0.05) is 26.2 Å². The molecule has 0 aromatic carbocycles. The maximum atomic E-state index is 12.9. The molecule has 0 bridgehead atoms. The number of hydrogen-bond donors (Lipinski definition) is 3. The lowest BCUT2D eigenvalue weighted by molar-refractivity contribution is -0.149. The molecule has 11 nitrogen and oxygen atoms in total. The lowest BCUT2D eigenvalue weighted by Gasteiger charge is -2.29. The number of aliphatic hydroxyl groups excluding tert-OH is 2. The molecule has 11 heteroatoms. The second-order valence-electron chi connectivity index (χ2n) is 8.52. The predicted octanol–water partition coefficient (Wildman–Crippen LogP) is 0.271. The molecule has 2 aromatic heterocycles. The smallest absolute Gasteiger partial charge is 0.254 e. The van der Waals surface area contributed by atoms with Crippen molar-refractivity contribution in [3.05, 3.63) is 12.7 Å². The van der Waals surface area contributed by atoms with Gasteiger partial charge in [0.1, 0.15) is 18.5 Å². The quantitative estimate of drug-likeness (QED) is 0.625. The molecule has 4 atom stereocenters. The van der Waals surface area contributed by atoms with Crippen LogP contribution in [0.2, 0.25) is 0 Å². The number of nitrogens with zero attached hydrogens (tertiary/aromatic N) is 6. The van der Waals surface area contributed by atoms with Crippen LogP contribution in [0, 0.1) is 0 Å². The molecule has 3 N–H and O–H groups in total. The van der Waals surface area contributed by atoms with Crippen molar-refractivity contribution in [2.75, 3.05) is 31.6 Å². The summed E-state index contributed by atoms with van der Waals surface area (Å²) in [5.41, 5.74) is 4.33. The van der Waals surface area contributed by atoms with Crippen LogP contribution in [0.1, 0.15) is 44.8 Å². The summed E-state index contributed by atoms with van der Waals surface area (Å²) in [5, 5.41) is 23.4. The number of ether oxygens (including phenoxy) is 1. The summed E-state index contributed by atoms with van der Waals surface area (Å²) in [5.74, 6) is 0.305. The molecular weight excluding hydrogens is 402 g/mol. The minimum atomic E-state index is -1.32. The van der Waals surface area contributed by atoms with E-state index < -0.39 is 24.5 Å². The van der Waals surface area contributed by atoms with Crippen molar-refractivity contribution in [2.45, 2.75) is 63.1 Å². The van der Waals surface area contributed by atoms with E-state index in [2.05, 4.69) is 25.4 Å². The predicted molar refractivity (Wildman–Crippen MR) is 111 cm³/mol. The first-order chi connectivity index (χ1) is 15.1. The molecule has 3 aliphatic rings. The maximum Gasteiger partial charge on any atom is 0.254 e. The average Bonchev–Trinajstić information content (AvgIpc) is 3.36. The van der Waals surface area contributed by atoms with Crippen molar-refractivity contribution >= 4 is 22.9 Å². The van der Waals surface area contributed by atoms with E-state index in [9.17, 15) is 15.0 Å². The van der Waals surface area contributed by atoms with E-state index in [0.29, 0.717) is 30.1 Å². The largest absolute Gasteiger partial charge is 0.387 e. The number of amides is 1. The Morgan fingerprint density at radius 1 is 0.968 bits per heavy atom. The summed E-state index contributed by atoms with van der Waals surface area (Å²) < 4.78 is 7.45. The SMILES string of the molecule is O=C([C@H]1OC(n2cnc3c(NN4CCCCC4)ncnc32)[C@H](O)[C@@H]1O)N1CCCCC1. The molecule has 3 aliphatic heterocycles. The molecule has 168 valence electrons. The summed E-state index contributed by atoms with van der Waals surface area (Å²) in [7, 11) is 0. The molecule has 5 heterocycles. The Labute approximate surface area is 180 Å². The van der Waals surface area contributed by atoms with Gasteiger partial charge in [-0.1, -0.05) is 6.42 Å². The van der Waals surface area contributed by atoms with Crippen LogP contribution in [-0.4, -0.2) is 90.0 Å².